The Kier molecular flexibility index (Phi) is 5.60. The molecule has 1 atom stereocenters. The van der Waals surface area contributed by atoms with Gasteiger partial charge < -0.3 is 15.0 Å². The molecule has 6 heteroatoms. The Hall–Kier alpha value is -1.76. The largest absolute Gasteiger partial charge is 0.374 e. The maximum absolute atomic E-state index is 12.4. The molecule has 3 rings (SSSR count). The summed E-state index contributed by atoms with van der Waals surface area (Å²) in [6, 6.07) is 10.2. The number of ether oxygens (including phenoxy) is 1. The van der Waals surface area contributed by atoms with Gasteiger partial charge in [0.05, 0.1) is 23.4 Å². The van der Waals surface area contributed by atoms with Gasteiger partial charge in [-0.1, -0.05) is 30.3 Å². The first-order valence-corrected chi connectivity index (χ1v) is 9.02. The van der Waals surface area contributed by atoms with Crippen LogP contribution < -0.4 is 5.32 Å². The zero-order valence-electron chi connectivity index (χ0n) is 14.1. The van der Waals surface area contributed by atoms with Gasteiger partial charge in [-0.25, -0.2) is 4.98 Å². The van der Waals surface area contributed by atoms with E-state index in [1.54, 1.807) is 0 Å². The van der Waals surface area contributed by atoms with Crippen LogP contribution in [0.25, 0.3) is 0 Å². The predicted octanol–water partition coefficient (Wildman–Crippen LogP) is 2.10. The number of nitrogens with zero attached hydrogens (tertiary/aromatic N) is 2. The summed E-state index contributed by atoms with van der Waals surface area (Å²) in [6.07, 6.45) is 0.820. The summed E-state index contributed by atoms with van der Waals surface area (Å²) < 4.78 is 5.68. The summed E-state index contributed by atoms with van der Waals surface area (Å²) in [6.45, 7) is 4.94. The number of benzene rings is 1. The molecule has 0 aliphatic carbocycles. The third kappa shape index (κ3) is 4.41. The van der Waals surface area contributed by atoms with Gasteiger partial charge in [0.15, 0.2) is 0 Å². The third-order valence-electron chi connectivity index (χ3n) is 4.08. The lowest BCUT2D eigenvalue weighted by molar-refractivity contribution is -0.0174. The number of carbonyl (C=O) groups is 1. The van der Waals surface area contributed by atoms with Crippen LogP contribution in [0.15, 0.2) is 30.3 Å². The van der Waals surface area contributed by atoms with Crippen molar-refractivity contribution in [2.45, 2.75) is 19.4 Å². The minimum Gasteiger partial charge on any atom is -0.374 e. The Balaban J connectivity index is 1.58. The average Bonchev–Trinajstić information content (AvgIpc) is 2.94. The van der Waals surface area contributed by atoms with Crippen LogP contribution in [0, 0.1) is 6.92 Å². The van der Waals surface area contributed by atoms with E-state index < -0.39 is 0 Å². The predicted molar refractivity (Wildman–Crippen MR) is 95.7 cm³/mol. The molecule has 1 fully saturated rings. The van der Waals surface area contributed by atoms with Crippen molar-refractivity contribution in [3.05, 3.63) is 51.5 Å². The standard InChI is InChI=1S/C18H23N3O2S/c1-13-17(18(22)19-11-15-12-21(2)8-9-23-15)24-16(20-13)10-14-6-4-3-5-7-14/h3-7,15H,8-12H2,1-2H3,(H,19,22). The highest BCUT2D eigenvalue weighted by atomic mass is 32.1. The van der Waals surface area contributed by atoms with E-state index in [0.717, 1.165) is 36.8 Å². The van der Waals surface area contributed by atoms with Crippen LogP contribution in [-0.2, 0) is 11.2 Å². The highest BCUT2D eigenvalue weighted by Crippen LogP contribution is 2.21. The molecule has 0 radical (unpaired) electrons. The van der Waals surface area contributed by atoms with Crippen molar-refractivity contribution in [3.63, 3.8) is 0 Å². The van der Waals surface area contributed by atoms with Crippen molar-refractivity contribution in [2.75, 3.05) is 33.3 Å². The molecule has 24 heavy (non-hydrogen) atoms. The van der Waals surface area contributed by atoms with Gasteiger partial charge in [0.2, 0.25) is 0 Å². The molecular formula is C18H23N3O2S. The normalized spacial score (nSPS) is 18.5. The van der Waals surface area contributed by atoms with Crippen molar-refractivity contribution in [3.8, 4) is 0 Å². The second-order valence-electron chi connectivity index (χ2n) is 6.15. The lowest BCUT2D eigenvalue weighted by Gasteiger charge is -2.30. The van der Waals surface area contributed by atoms with Gasteiger partial charge in [0.1, 0.15) is 4.88 Å². The highest BCUT2D eigenvalue weighted by molar-refractivity contribution is 7.13. The van der Waals surface area contributed by atoms with E-state index in [-0.39, 0.29) is 12.0 Å². The fourth-order valence-electron chi connectivity index (χ4n) is 2.79. The van der Waals surface area contributed by atoms with Gasteiger partial charge in [-0.15, -0.1) is 11.3 Å². The Bertz CT molecular complexity index is 687. The number of likely N-dealkylation sites (N-methyl/N-ethyl adjacent to an activating group) is 1. The van der Waals surface area contributed by atoms with Crippen molar-refractivity contribution in [1.82, 2.24) is 15.2 Å². The van der Waals surface area contributed by atoms with E-state index in [1.807, 2.05) is 25.1 Å². The number of aryl methyl sites for hydroxylation is 1. The van der Waals surface area contributed by atoms with Gasteiger partial charge >= 0.3 is 0 Å². The van der Waals surface area contributed by atoms with Crippen LogP contribution in [0.2, 0.25) is 0 Å². The lowest BCUT2D eigenvalue weighted by Crippen LogP contribution is -2.45. The molecule has 1 unspecified atom stereocenters. The number of rotatable bonds is 5. The minimum atomic E-state index is -0.0545. The number of hydrogen-bond acceptors (Lipinski definition) is 5. The molecule has 0 bridgehead atoms. The zero-order valence-corrected chi connectivity index (χ0v) is 14.9. The second-order valence-corrected chi connectivity index (χ2v) is 7.23. The molecule has 0 saturated carbocycles. The maximum atomic E-state index is 12.4. The van der Waals surface area contributed by atoms with Crippen LogP contribution >= 0.6 is 11.3 Å². The topological polar surface area (TPSA) is 54.5 Å². The van der Waals surface area contributed by atoms with E-state index >= 15 is 0 Å². The van der Waals surface area contributed by atoms with Crippen molar-refractivity contribution in [2.24, 2.45) is 0 Å². The number of nitrogens with one attached hydrogen (secondary N) is 1. The molecule has 1 N–H and O–H groups in total. The quantitative estimate of drug-likeness (QED) is 0.902. The first-order chi connectivity index (χ1) is 11.6. The summed E-state index contributed by atoms with van der Waals surface area (Å²) in [5.74, 6) is -0.0545. The van der Waals surface area contributed by atoms with E-state index in [1.165, 1.54) is 16.9 Å². The van der Waals surface area contributed by atoms with Crippen LogP contribution in [0.1, 0.15) is 25.9 Å². The van der Waals surface area contributed by atoms with Gasteiger partial charge in [-0.05, 0) is 19.5 Å². The molecular weight excluding hydrogens is 322 g/mol. The van der Waals surface area contributed by atoms with Gasteiger partial charge in [0.25, 0.3) is 5.91 Å². The summed E-state index contributed by atoms with van der Waals surface area (Å²) >= 11 is 1.48. The van der Waals surface area contributed by atoms with E-state index in [4.69, 9.17) is 4.74 Å². The van der Waals surface area contributed by atoms with Gasteiger partial charge in [0, 0.05) is 26.1 Å². The first-order valence-electron chi connectivity index (χ1n) is 8.20. The molecule has 0 spiro atoms. The lowest BCUT2D eigenvalue weighted by atomic mass is 10.2. The fourth-order valence-corrected chi connectivity index (χ4v) is 3.80. The van der Waals surface area contributed by atoms with Crippen LogP contribution in [-0.4, -0.2) is 55.2 Å². The molecule has 128 valence electrons. The number of aromatic nitrogens is 1. The SMILES string of the molecule is Cc1nc(Cc2ccccc2)sc1C(=O)NCC1CN(C)CCO1. The molecule has 1 amide bonds. The maximum Gasteiger partial charge on any atom is 0.263 e. The fraction of sp³-hybridized carbons (Fsp3) is 0.444. The summed E-state index contributed by atoms with van der Waals surface area (Å²) in [5, 5.41) is 3.96. The number of hydrogen-bond donors (Lipinski definition) is 1. The molecule has 5 nitrogen and oxygen atoms in total. The zero-order chi connectivity index (χ0) is 16.9. The van der Waals surface area contributed by atoms with E-state index in [0.29, 0.717) is 11.4 Å². The van der Waals surface area contributed by atoms with E-state index in [2.05, 4.69) is 34.4 Å². The summed E-state index contributed by atoms with van der Waals surface area (Å²) in [7, 11) is 2.07. The number of morpholine rings is 1. The third-order valence-corrected chi connectivity index (χ3v) is 5.23. The van der Waals surface area contributed by atoms with Gasteiger partial charge in [-0.2, -0.15) is 0 Å². The Labute approximate surface area is 146 Å². The van der Waals surface area contributed by atoms with Gasteiger partial charge in [-0.3, -0.25) is 4.79 Å². The molecule has 1 aliphatic rings. The number of amides is 1. The molecule has 2 heterocycles. The summed E-state index contributed by atoms with van der Waals surface area (Å²) in [4.78, 5) is 19.9. The van der Waals surface area contributed by atoms with Crippen molar-refractivity contribution < 1.29 is 9.53 Å². The van der Waals surface area contributed by atoms with E-state index in [9.17, 15) is 4.79 Å². The van der Waals surface area contributed by atoms with Crippen LogP contribution in [0.4, 0.5) is 0 Å². The van der Waals surface area contributed by atoms with Crippen molar-refractivity contribution in [1.29, 1.82) is 0 Å². The second kappa shape index (κ2) is 7.88. The summed E-state index contributed by atoms with van der Waals surface area (Å²) in [5.41, 5.74) is 2.00. The number of thiazole rings is 1. The molecule has 1 aliphatic heterocycles. The smallest absolute Gasteiger partial charge is 0.263 e. The van der Waals surface area contributed by atoms with Crippen LogP contribution in [0.5, 0.6) is 0 Å². The average molecular weight is 345 g/mol. The minimum absolute atomic E-state index is 0.0545. The Morgan fingerprint density at radius 3 is 2.96 bits per heavy atom. The Morgan fingerprint density at radius 2 is 2.21 bits per heavy atom. The first kappa shape index (κ1) is 17.1. The van der Waals surface area contributed by atoms with Crippen molar-refractivity contribution >= 4 is 17.2 Å². The molecule has 2 aromatic rings. The highest BCUT2D eigenvalue weighted by Gasteiger charge is 2.20. The molecule has 1 saturated heterocycles. The number of carbonyl (C=O) groups excluding carboxylic acids is 1. The Morgan fingerprint density at radius 1 is 1.42 bits per heavy atom. The monoisotopic (exact) mass is 345 g/mol. The molecule has 1 aromatic carbocycles. The molecule has 1 aromatic heterocycles. The van der Waals surface area contributed by atoms with Crippen LogP contribution in [0.3, 0.4) is 0 Å².